The van der Waals surface area contributed by atoms with Crippen LogP contribution in [0, 0.1) is 0 Å². The number of H-pyrrole nitrogens is 1. The first kappa shape index (κ1) is 13.2. The van der Waals surface area contributed by atoms with Crippen LogP contribution in [-0.2, 0) is 0 Å². The summed E-state index contributed by atoms with van der Waals surface area (Å²) in [7, 11) is 0. The second-order valence-corrected chi connectivity index (χ2v) is 4.97. The summed E-state index contributed by atoms with van der Waals surface area (Å²) in [5.41, 5.74) is 2.15. The zero-order valence-corrected chi connectivity index (χ0v) is 11.7. The van der Waals surface area contributed by atoms with Gasteiger partial charge in [-0.3, -0.25) is 4.79 Å². The molecule has 0 unspecified atom stereocenters. The lowest BCUT2D eigenvalue weighted by Crippen LogP contribution is -2.04. The van der Waals surface area contributed by atoms with Crippen LogP contribution in [0.4, 0.5) is 0 Å². The van der Waals surface area contributed by atoms with E-state index in [0.29, 0.717) is 22.4 Å². The molecule has 2 N–H and O–H groups in total. The van der Waals surface area contributed by atoms with Gasteiger partial charge in [0.15, 0.2) is 5.43 Å². The largest absolute Gasteiger partial charge is 0.508 e. The number of aromatic nitrogens is 4. The number of nitrogens with one attached hydrogen (secondary N) is 1. The number of aromatic amines is 1. The third-order valence-electron chi connectivity index (χ3n) is 3.56. The average molecular weight is 306 g/mol. The van der Waals surface area contributed by atoms with Crippen LogP contribution in [0.15, 0.2) is 57.9 Å². The summed E-state index contributed by atoms with van der Waals surface area (Å²) < 4.78 is 5.46. The van der Waals surface area contributed by atoms with Gasteiger partial charge in [0, 0.05) is 11.6 Å². The van der Waals surface area contributed by atoms with Crippen molar-refractivity contribution in [2.24, 2.45) is 0 Å². The van der Waals surface area contributed by atoms with E-state index in [4.69, 9.17) is 4.42 Å². The van der Waals surface area contributed by atoms with E-state index in [0.717, 1.165) is 11.1 Å². The van der Waals surface area contributed by atoms with E-state index in [2.05, 4.69) is 20.6 Å². The van der Waals surface area contributed by atoms with E-state index in [1.807, 2.05) is 0 Å². The Kier molecular flexibility index (Phi) is 2.90. The molecule has 0 fully saturated rings. The Bertz CT molecular complexity index is 1040. The fraction of sp³-hybridized carbons (Fsp3) is 0. The van der Waals surface area contributed by atoms with Crippen molar-refractivity contribution < 1.29 is 9.52 Å². The molecule has 4 aromatic rings. The highest BCUT2D eigenvalue weighted by Gasteiger charge is 2.10. The SMILES string of the molecule is O=c1c(-c2ccc(-c3nn[nH]n3)cc2)coc2cc(O)ccc12. The van der Waals surface area contributed by atoms with Crippen molar-refractivity contribution in [3.63, 3.8) is 0 Å². The van der Waals surface area contributed by atoms with Gasteiger partial charge in [-0.2, -0.15) is 5.21 Å². The maximum atomic E-state index is 12.6. The summed E-state index contributed by atoms with van der Waals surface area (Å²) in [5.74, 6) is 0.537. The molecule has 2 aromatic heterocycles. The molecule has 0 spiro atoms. The molecule has 7 heteroatoms. The molecular formula is C16H10N4O3. The van der Waals surface area contributed by atoms with E-state index < -0.39 is 0 Å². The number of rotatable bonds is 2. The summed E-state index contributed by atoms with van der Waals surface area (Å²) in [6, 6.07) is 11.6. The first-order chi connectivity index (χ1) is 11.2. The topological polar surface area (TPSA) is 105 Å². The number of phenolic OH excluding ortho intramolecular Hbond substituents is 1. The van der Waals surface area contributed by atoms with Gasteiger partial charge in [0.25, 0.3) is 0 Å². The lowest BCUT2D eigenvalue weighted by Gasteiger charge is -2.04. The van der Waals surface area contributed by atoms with Crippen molar-refractivity contribution in [1.29, 1.82) is 0 Å². The first-order valence-electron chi connectivity index (χ1n) is 6.81. The summed E-state index contributed by atoms with van der Waals surface area (Å²) in [6.07, 6.45) is 1.40. The van der Waals surface area contributed by atoms with Crippen molar-refractivity contribution in [3.05, 3.63) is 59.0 Å². The normalized spacial score (nSPS) is 11.0. The molecule has 0 saturated heterocycles. The van der Waals surface area contributed by atoms with Crippen LogP contribution in [0.5, 0.6) is 5.75 Å². The van der Waals surface area contributed by atoms with Gasteiger partial charge in [-0.15, -0.1) is 10.2 Å². The van der Waals surface area contributed by atoms with Crippen LogP contribution < -0.4 is 5.43 Å². The van der Waals surface area contributed by atoms with Crippen molar-refractivity contribution in [2.45, 2.75) is 0 Å². The molecule has 0 aliphatic heterocycles. The molecule has 0 saturated carbocycles. The molecule has 2 heterocycles. The molecular weight excluding hydrogens is 296 g/mol. The Morgan fingerprint density at radius 2 is 1.83 bits per heavy atom. The summed E-state index contributed by atoms with van der Waals surface area (Å²) in [4.78, 5) is 12.6. The van der Waals surface area contributed by atoms with Gasteiger partial charge < -0.3 is 9.52 Å². The molecule has 4 rings (SSSR count). The maximum Gasteiger partial charge on any atom is 0.204 e. The molecule has 2 aromatic carbocycles. The molecule has 0 amide bonds. The van der Waals surface area contributed by atoms with Crippen LogP contribution in [-0.4, -0.2) is 25.7 Å². The Balaban J connectivity index is 1.81. The fourth-order valence-corrected chi connectivity index (χ4v) is 2.40. The summed E-state index contributed by atoms with van der Waals surface area (Å²) >= 11 is 0. The second kappa shape index (κ2) is 5.06. The second-order valence-electron chi connectivity index (χ2n) is 4.97. The van der Waals surface area contributed by atoms with Gasteiger partial charge in [-0.05, 0) is 22.9 Å². The Labute approximate surface area is 129 Å². The van der Waals surface area contributed by atoms with Crippen LogP contribution in [0.3, 0.4) is 0 Å². The Morgan fingerprint density at radius 3 is 2.57 bits per heavy atom. The van der Waals surface area contributed by atoms with Gasteiger partial charge in [0.2, 0.25) is 5.82 Å². The highest BCUT2D eigenvalue weighted by Crippen LogP contribution is 2.24. The molecule has 0 aliphatic rings. The van der Waals surface area contributed by atoms with E-state index in [9.17, 15) is 9.90 Å². The lowest BCUT2D eigenvalue weighted by molar-refractivity contribution is 0.474. The van der Waals surface area contributed by atoms with Crippen LogP contribution in [0.1, 0.15) is 0 Å². The molecule has 0 radical (unpaired) electrons. The zero-order valence-electron chi connectivity index (χ0n) is 11.7. The standard InChI is InChI=1S/C16H10N4O3/c21-11-5-6-12-14(7-11)23-8-13(15(12)22)9-1-3-10(4-2-9)16-17-19-20-18-16/h1-8,21H,(H,17,18,19,20). The van der Waals surface area contributed by atoms with Crippen molar-refractivity contribution in [1.82, 2.24) is 20.6 Å². The molecule has 7 nitrogen and oxygen atoms in total. The van der Waals surface area contributed by atoms with Gasteiger partial charge in [0.05, 0.1) is 10.9 Å². The predicted octanol–water partition coefficient (Wildman–Crippen LogP) is 2.35. The quantitative estimate of drug-likeness (QED) is 0.589. The molecule has 0 aliphatic carbocycles. The molecule has 0 atom stereocenters. The Hall–Kier alpha value is -3.48. The van der Waals surface area contributed by atoms with Gasteiger partial charge in [-0.1, -0.05) is 24.3 Å². The number of benzene rings is 2. The van der Waals surface area contributed by atoms with E-state index in [1.54, 1.807) is 30.3 Å². The zero-order chi connectivity index (χ0) is 15.8. The number of tetrazole rings is 1. The summed E-state index contributed by atoms with van der Waals surface area (Å²) in [6.45, 7) is 0. The van der Waals surface area contributed by atoms with Gasteiger partial charge in [-0.25, -0.2) is 0 Å². The van der Waals surface area contributed by atoms with Crippen molar-refractivity contribution in [3.8, 4) is 28.3 Å². The predicted molar refractivity (Wildman–Crippen MR) is 82.8 cm³/mol. The maximum absolute atomic E-state index is 12.6. The lowest BCUT2D eigenvalue weighted by atomic mass is 10.0. The average Bonchev–Trinajstić information content (AvgIpc) is 3.10. The highest BCUT2D eigenvalue weighted by molar-refractivity contribution is 5.82. The molecule has 23 heavy (non-hydrogen) atoms. The van der Waals surface area contributed by atoms with Gasteiger partial charge >= 0.3 is 0 Å². The number of aromatic hydroxyl groups is 1. The molecule has 0 bridgehead atoms. The highest BCUT2D eigenvalue weighted by atomic mass is 16.3. The molecule has 112 valence electrons. The minimum atomic E-state index is -0.154. The van der Waals surface area contributed by atoms with Crippen LogP contribution in [0.25, 0.3) is 33.5 Å². The van der Waals surface area contributed by atoms with Crippen LogP contribution in [0.2, 0.25) is 0 Å². The third-order valence-corrected chi connectivity index (χ3v) is 3.56. The minimum Gasteiger partial charge on any atom is -0.508 e. The number of phenols is 1. The fourth-order valence-electron chi connectivity index (χ4n) is 2.40. The third kappa shape index (κ3) is 2.24. The monoisotopic (exact) mass is 306 g/mol. The van der Waals surface area contributed by atoms with Crippen molar-refractivity contribution >= 4 is 11.0 Å². The number of hydrogen-bond acceptors (Lipinski definition) is 6. The smallest absolute Gasteiger partial charge is 0.204 e. The summed E-state index contributed by atoms with van der Waals surface area (Å²) in [5, 5.41) is 23.6. The number of hydrogen-bond donors (Lipinski definition) is 2. The van der Waals surface area contributed by atoms with Crippen LogP contribution >= 0.6 is 0 Å². The first-order valence-corrected chi connectivity index (χ1v) is 6.81. The van der Waals surface area contributed by atoms with Gasteiger partial charge in [0.1, 0.15) is 17.6 Å². The number of fused-ring (bicyclic) bond motifs is 1. The minimum absolute atomic E-state index is 0.0536. The number of nitrogens with zero attached hydrogens (tertiary/aromatic N) is 3. The van der Waals surface area contributed by atoms with E-state index in [-0.39, 0.29) is 11.2 Å². The van der Waals surface area contributed by atoms with Crippen molar-refractivity contribution in [2.75, 3.05) is 0 Å². The Morgan fingerprint density at radius 1 is 1.04 bits per heavy atom. The van der Waals surface area contributed by atoms with E-state index in [1.165, 1.54) is 18.4 Å². The van der Waals surface area contributed by atoms with E-state index >= 15 is 0 Å².